The largest absolute Gasteiger partial charge is 0.454 e. The highest BCUT2D eigenvalue weighted by Crippen LogP contribution is 2.32. The zero-order valence-corrected chi connectivity index (χ0v) is 11.9. The van der Waals surface area contributed by atoms with Gasteiger partial charge in [-0.3, -0.25) is 4.79 Å². The van der Waals surface area contributed by atoms with Crippen molar-refractivity contribution < 1.29 is 14.3 Å². The second kappa shape index (κ2) is 5.87. The first-order valence-electron chi connectivity index (χ1n) is 6.92. The molecule has 3 rings (SSSR count). The van der Waals surface area contributed by atoms with Gasteiger partial charge in [-0.1, -0.05) is 30.3 Å². The molecule has 4 nitrogen and oxygen atoms in total. The van der Waals surface area contributed by atoms with Crippen LogP contribution in [-0.2, 0) is 17.8 Å². The predicted octanol–water partition coefficient (Wildman–Crippen LogP) is 2.58. The van der Waals surface area contributed by atoms with E-state index in [1.54, 1.807) is 0 Å². The van der Waals surface area contributed by atoms with E-state index < -0.39 is 0 Å². The van der Waals surface area contributed by atoms with E-state index in [-0.39, 0.29) is 12.7 Å². The first kappa shape index (κ1) is 13.5. The van der Waals surface area contributed by atoms with Crippen molar-refractivity contribution in [3.8, 4) is 11.5 Å². The molecular formula is C17H17NO3. The number of amides is 1. The monoisotopic (exact) mass is 283 g/mol. The summed E-state index contributed by atoms with van der Waals surface area (Å²) in [6, 6.07) is 13.6. The molecule has 0 spiro atoms. The van der Waals surface area contributed by atoms with E-state index in [1.807, 2.05) is 49.4 Å². The van der Waals surface area contributed by atoms with Gasteiger partial charge in [0.15, 0.2) is 11.5 Å². The quantitative estimate of drug-likeness (QED) is 0.938. The minimum Gasteiger partial charge on any atom is -0.454 e. The number of hydrogen-bond acceptors (Lipinski definition) is 3. The number of nitrogens with one attached hydrogen (secondary N) is 1. The van der Waals surface area contributed by atoms with Crippen LogP contribution in [0.5, 0.6) is 11.5 Å². The lowest BCUT2D eigenvalue weighted by molar-refractivity contribution is -0.120. The first-order valence-corrected chi connectivity index (χ1v) is 6.92. The number of aryl methyl sites for hydroxylation is 1. The van der Waals surface area contributed by atoms with E-state index in [0.717, 1.165) is 28.2 Å². The molecule has 1 aliphatic heterocycles. The summed E-state index contributed by atoms with van der Waals surface area (Å²) in [5.74, 6) is 1.51. The number of ether oxygens (including phenoxy) is 2. The first-order chi connectivity index (χ1) is 10.2. The van der Waals surface area contributed by atoms with Crippen molar-refractivity contribution in [3.63, 3.8) is 0 Å². The van der Waals surface area contributed by atoms with Crippen LogP contribution in [0, 0.1) is 6.92 Å². The molecule has 1 amide bonds. The molecule has 21 heavy (non-hydrogen) atoms. The number of hydrogen-bond donors (Lipinski definition) is 1. The second-order valence-corrected chi connectivity index (χ2v) is 5.07. The van der Waals surface area contributed by atoms with Gasteiger partial charge in [0.25, 0.3) is 0 Å². The molecule has 0 saturated heterocycles. The predicted molar refractivity (Wildman–Crippen MR) is 79.3 cm³/mol. The van der Waals surface area contributed by atoms with E-state index in [0.29, 0.717) is 13.0 Å². The third-order valence-corrected chi connectivity index (χ3v) is 3.54. The third-order valence-electron chi connectivity index (χ3n) is 3.54. The molecule has 0 aliphatic carbocycles. The SMILES string of the molecule is Cc1ccccc1CC(=O)NCc1ccc2c(c1)OCO2. The molecular weight excluding hydrogens is 266 g/mol. The Labute approximate surface area is 123 Å². The summed E-state index contributed by atoms with van der Waals surface area (Å²) in [6.07, 6.45) is 0.400. The van der Waals surface area contributed by atoms with E-state index in [4.69, 9.17) is 9.47 Å². The molecule has 108 valence electrons. The van der Waals surface area contributed by atoms with Crippen LogP contribution in [0.1, 0.15) is 16.7 Å². The van der Waals surface area contributed by atoms with E-state index in [2.05, 4.69) is 5.32 Å². The molecule has 2 aromatic carbocycles. The zero-order valence-electron chi connectivity index (χ0n) is 11.9. The number of benzene rings is 2. The summed E-state index contributed by atoms with van der Waals surface area (Å²) in [6.45, 7) is 2.76. The molecule has 0 saturated carbocycles. The molecule has 1 N–H and O–H groups in total. The summed E-state index contributed by atoms with van der Waals surface area (Å²) < 4.78 is 10.6. The van der Waals surface area contributed by atoms with E-state index in [1.165, 1.54) is 0 Å². The Kier molecular flexibility index (Phi) is 3.77. The second-order valence-electron chi connectivity index (χ2n) is 5.07. The summed E-state index contributed by atoms with van der Waals surface area (Å²) in [5, 5.41) is 2.93. The van der Waals surface area contributed by atoms with Crippen LogP contribution in [0.2, 0.25) is 0 Å². The van der Waals surface area contributed by atoms with Crippen LogP contribution in [0.15, 0.2) is 42.5 Å². The summed E-state index contributed by atoms with van der Waals surface area (Å²) in [4.78, 5) is 12.0. The standard InChI is InChI=1S/C17H17NO3/c1-12-4-2-3-5-14(12)9-17(19)18-10-13-6-7-15-16(8-13)21-11-20-15/h2-8H,9-11H2,1H3,(H,18,19). The van der Waals surface area contributed by atoms with Gasteiger partial charge in [0.05, 0.1) is 6.42 Å². The molecule has 1 aliphatic rings. The van der Waals surface area contributed by atoms with Crippen molar-refractivity contribution in [2.24, 2.45) is 0 Å². The van der Waals surface area contributed by atoms with Crippen molar-refractivity contribution in [2.75, 3.05) is 6.79 Å². The minimum absolute atomic E-state index is 0.0157. The van der Waals surface area contributed by atoms with Gasteiger partial charge in [0, 0.05) is 6.54 Å². The van der Waals surface area contributed by atoms with Gasteiger partial charge < -0.3 is 14.8 Å². The molecule has 0 unspecified atom stereocenters. The third kappa shape index (κ3) is 3.16. The molecule has 1 heterocycles. The van der Waals surface area contributed by atoms with E-state index in [9.17, 15) is 4.79 Å². The van der Waals surface area contributed by atoms with Crippen LogP contribution in [0.25, 0.3) is 0 Å². The van der Waals surface area contributed by atoms with Crippen molar-refractivity contribution in [1.82, 2.24) is 5.32 Å². The van der Waals surface area contributed by atoms with Gasteiger partial charge in [-0.2, -0.15) is 0 Å². The Morgan fingerprint density at radius 1 is 1.14 bits per heavy atom. The molecule has 4 heteroatoms. The van der Waals surface area contributed by atoms with Crippen molar-refractivity contribution in [1.29, 1.82) is 0 Å². The average molecular weight is 283 g/mol. The van der Waals surface area contributed by atoms with Gasteiger partial charge in [-0.25, -0.2) is 0 Å². The van der Waals surface area contributed by atoms with Crippen LogP contribution >= 0.6 is 0 Å². The summed E-state index contributed by atoms with van der Waals surface area (Å²) in [5.41, 5.74) is 3.19. The smallest absolute Gasteiger partial charge is 0.231 e. The number of rotatable bonds is 4. The fraction of sp³-hybridized carbons (Fsp3) is 0.235. The number of carbonyl (C=O) groups excluding carboxylic acids is 1. The highest BCUT2D eigenvalue weighted by atomic mass is 16.7. The fourth-order valence-corrected chi connectivity index (χ4v) is 2.30. The molecule has 2 aromatic rings. The van der Waals surface area contributed by atoms with Crippen molar-refractivity contribution in [3.05, 3.63) is 59.2 Å². The maximum absolute atomic E-state index is 12.0. The molecule has 0 bridgehead atoms. The lowest BCUT2D eigenvalue weighted by Crippen LogP contribution is -2.24. The number of carbonyl (C=O) groups is 1. The maximum atomic E-state index is 12.0. The van der Waals surface area contributed by atoms with Gasteiger partial charge in [0.1, 0.15) is 0 Å². The van der Waals surface area contributed by atoms with Gasteiger partial charge >= 0.3 is 0 Å². The van der Waals surface area contributed by atoms with Gasteiger partial charge in [-0.05, 0) is 35.7 Å². The highest BCUT2D eigenvalue weighted by molar-refractivity contribution is 5.78. The summed E-state index contributed by atoms with van der Waals surface area (Å²) >= 11 is 0. The lowest BCUT2D eigenvalue weighted by atomic mass is 10.1. The van der Waals surface area contributed by atoms with Crippen LogP contribution in [-0.4, -0.2) is 12.7 Å². The van der Waals surface area contributed by atoms with Crippen LogP contribution < -0.4 is 14.8 Å². The maximum Gasteiger partial charge on any atom is 0.231 e. The number of fused-ring (bicyclic) bond motifs is 1. The zero-order chi connectivity index (χ0) is 14.7. The molecule has 0 radical (unpaired) electrons. The van der Waals surface area contributed by atoms with E-state index >= 15 is 0 Å². The van der Waals surface area contributed by atoms with Crippen molar-refractivity contribution in [2.45, 2.75) is 19.9 Å². The minimum atomic E-state index is 0.0157. The van der Waals surface area contributed by atoms with Crippen LogP contribution in [0.3, 0.4) is 0 Å². The topological polar surface area (TPSA) is 47.6 Å². The molecule has 0 aromatic heterocycles. The Balaban J connectivity index is 1.58. The molecule has 0 atom stereocenters. The molecule has 0 fully saturated rings. The van der Waals surface area contributed by atoms with Gasteiger partial charge in [-0.15, -0.1) is 0 Å². The van der Waals surface area contributed by atoms with Crippen molar-refractivity contribution >= 4 is 5.91 Å². The average Bonchev–Trinajstić information content (AvgIpc) is 2.95. The fourth-order valence-electron chi connectivity index (χ4n) is 2.30. The van der Waals surface area contributed by atoms with Gasteiger partial charge in [0.2, 0.25) is 12.7 Å². The van der Waals surface area contributed by atoms with Crippen LogP contribution in [0.4, 0.5) is 0 Å². The highest BCUT2D eigenvalue weighted by Gasteiger charge is 2.13. The summed E-state index contributed by atoms with van der Waals surface area (Å²) in [7, 11) is 0. The normalized spacial score (nSPS) is 12.2. The Morgan fingerprint density at radius 3 is 2.81 bits per heavy atom. The Bertz CT molecular complexity index is 667. The Morgan fingerprint density at radius 2 is 1.95 bits per heavy atom. The Hall–Kier alpha value is -2.49. The lowest BCUT2D eigenvalue weighted by Gasteiger charge is -2.08.